The van der Waals surface area contributed by atoms with Crippen molar-refractivity contribution in [2.24, 2.45) is 0 Å². The van der Waals surface area contributed by atoms with Gasteiger partial charge < -0.3 is 14.5 Å². The van der Waals surface area contributed by atoms with E-state index in [4.69, 9.17) is 14.9 Å². The number of hydrogen-bond acceptors (Lipinski definition) is 10. The lowest BCUT2D eigenvalue weighted by Gasteiger charge is -2.28. The lowest BCUT2D eigenvalue weighted by atomic mass is 10.1. The zero-order valence-electron chi connectivity index (χ0n) is 21.2. The Morgan fingerprint density at radius 1 is 1.23 bits per heavy atom. The second kappa shape index (κ2) is 10.8. The van der Waals surface area contributed by atoms with Crippen LogP contribution in [0.3, 0.4) is 0 Å². The van der Waals surface area contributed by atoms with Crippen molar-refractivity contribution in [3.63, 3.8) is 0 Å². The third-order valence-electron chi connectivity index (χ3n) is 6.53. The lowest BCUT2D eigenvalue weighted by molar-refractivity contribution is -0.124. The van der Waals surface area contributed by atoms with Crippen LogP contribution in [0.2, 0.25) is 0 Å². The Hall–Kier alpha value is -4.39. The number of aromatic amines is 1. The monoisotopic (exact) mass is 542 g/mol. The maximum absolute atomic E-state index is 11.2. The molecule has 11 nitrogen and oxygen atoms in total. The van der Waals surface area contributed by atoms with Crippen LogP contribution in [0.4, 0.5) is 11.8 Å². The molecule has 1 aliphatic rings. The van der Waals surface area contributed by atoms with Gasteiger partial charge in [0.15, 0.2) is 0 Å². The number of H-pyrrole nitrogens is 1. The number of pyridine rings is 1. The van der Waals surface area contributed by atoms with Gasteiger partial charge in [0.2, 0.25) is 5.95 Å². The number of carbonyl (C=O) groups is 1. The molecule has 39 heavy (non-hydrogen) atoms. The van der Waals surface area contributed by atoms with E-state index in [1.807, 2.05) is 30.3 Å². The van der Waals surface area contributed by atoms with Crippen LogP contribution in [0.5, 0.6) is 0 Å². The highest BCUT2D eigenvalue weighted by Crippen LogP contribution is 2.38. The van der Waals surface area contributed by atoms with Crippen LogP contribution in [0.25, 0.3) is 38.3 Å². The molecular weight excluding hydrogens is 516 g/mol. The summed E-state index contributed by atoms with van der Waals surface area (Å²) in [7, 11) is 1.95. The molecule has 0 atom stereocenters. The number of nitrogens with one attached hydrogen (secondary N) is 2. The van der Waals surface area contributed by atoms with Gasteiger partial charge in [-0.1, -0.05) is 12.1 Å². The number of fused-ring (bicyclic) bond motifs is 2. The molecule has 0 unspecified atom stereocenters. The lowest BCUT2D eigenvalue weighted by Crippen LogP contribution is -2.36. The number of hydroxylamine groups is 1. The summed E-state index contributed by atoms with van der Waals surface area (Å²) in [6.45, 7) is 3.57. The summed E-state index contributed by atoms with van der Waals surface area (Å²) in [5, 5.41) is 18.1. The molecule has 5 aromatic rings. The van der Waals surface area contributed by atoms with Crippen LogP contribution >= 0.6 is 11.3 Å². The highest BCUT2D eigenvalue weighted by molar-refractivity contribution is 7.19. The summed E-state index contributed by atoms with van der Waals surface area (Å²) in [6.07, 6.45) is 7.85. The first kappa shape index (κ1) is 24.9. The summed E-state index contributed by atoms with van der Waals surface area (Å²) in [5.74, 6) is 0.927. The zero-order valence-corrected chi connectivity index (χ0v) is 22.0. The number of anilines is 2. The van der Waals surface area contributed by atoms with Gasteiger partial charge >= 0.3 is 0 Å². The normalized spacial score (nSPS) is 13.9. The fourth-order valence-electron chi connectivity index (χ4n) is 4.61. The number of morpholine rings is 1. The number of rotatable bonds is 7. The van der Waals surface area contributed by atoms with E-state index in [9.17, 15) is 4.79 Å². The van der Waals surface area contributed by atoms with Crippen molar-refractivity contribution >= 4 is 56.1 Å². The van der Waals surface area contributed by atoms with Gasteiger partial charge in [-0.25, -0.2) is 20.4 Å². The van der Waals surface area contributed by atoms with Crippen molar-refractivity contribution in [1.82, 2.24) is 30.6 Å². The first-order valence-corrected chi connectivity index (χ1v) is 13.2. The maximum atomic E-state index is 11.2. The van der Waals surface area contributed by atoms with Gasteiger partial charge in [0, 0.05) is 60.0 Å². The van der Waals surface area contributed by atoms with Crippen LogP contribution < -0.4 is 15.3 Å². The average Bonchev–Trinajstić information content (AvgIpc) is 3.62. The Bertz CT molecular complexity index is 1660. The van der Waals surface area contributed by atoms with Gasteiger partial charge in [-0.3, -0.25) is 15.1 Å². The number of carbonyl (C=O) groups excluding carboxylic acids is 1. The Morgan fingerprint density at radius 3 is 2.85 bits per heavy atom. The third-order valence-corrected chi connectivity index (χ3v) is 7.67. The Morgan fingerprint density at radius 2 is 2.05 bits per heavy atom. The van der Waals surface area contributed by atoms with Crippen molar-refractivity contribution < 1.29 is 14.7 Å². The van der Waals surface area contributed by atoms with Crippen LogP contribution in [0.15, 0.2) is 55.0 Å². The Kier molecular flexibility index (Phi) is 6.88. The van der Waals surface area contributed by atoms with Gasteiger partial charge in [0.25, 0.3) is 5.91 Å². The molecule has 1 fully saturated rings. The number of benzene rings is 1. The van der Waals surface area contributed by atoms with Gasteiger partial charge in [0.05, 0.1) is 41.9 Å². The minimum absolute atomic E-state index is 0.565. The number of aromatic nitrogens is 5. The summed E-state index contributed by atoms with van der Waals surface area (Å²) in [6, 6.07) is 10.5. The number of nitrogens with zero attached hydrogens (tertiary/aromatic N) is 6. The predicted molar refractivity (Wildman–Crippen MR) is 151 cm³/mol. The SMILES string of the molecule is CN(Cc1cc2cc(-c3cccc4[nH]ncc34)nc(N3CCOCC3)c2s1)c1ncc(C=CC(=O)NO)cn1. The molecule has 0 aliphatic carbocycles. The molecule has 0 spiro atoms. The standard InChI is InChI=1S/C27H26N8O3S/c1-34(27-28-13-17(14-29-27)5-6-24(36)33-37)16-19-11-18-12-23(20-3-2-4-22-21(20)15-30-32-22)31-26(25(18)39-19)35-7-9-38-10-8-35/h2-6,11-15,37H,7-10,16H2,1H3,(H,30,32)(H,33,36). The van der Waals surface area contributed by atoms with E-state index in [0.717, 1.165) is 56.0 Å². The number of ether oxygens (including phenoxy) is 1. The highest BCUT2D eigenvalue weighted by Gasteiger charge is 2.20. The fourth-order valence-corrected chi connectivity index (χ4v) is 5.82. The molecule has 12 heteroatoms. The van der Waals surface area contributed by atoms with Crippen LogP contribution in [0.1, 0.15) is 10.4 Å². The van der Waals surface area contributed by atoms with E-state index >= 15 is 0 Å². The van der Waals surface area contributed by atoms with E-state index < -0.39 is 5.91 Å². The molecule has 0 radical (unpaired) electrons. The minimum Gasteiger partial charge on any atom is -0.378 e. The first-order valence-electron chi connectivity index (χ1n) is 12.4. The summed E-state index contributed by atoms with van der Waals surface area (Å²) in [4.78, 5) is 30.7. The molecule has 4 aromatic heterocycles. The summed E-state index contributed by atoms with van der Waals surface area (Å²) in [5.41, 5.74) is 5.14. The molecule has 198 valence electrons. The number of amides is 1. The highest BCUT2D eigenvalue weighted by atomic mass is 32.1. The molecule has 6 rings (SSSR count). The van der Waals surface area contributed by atoms with E-state index in [0.29, 0.717) is 31.3 Å². The molecule has 0 saturated carbocycles. The largest absolute Gasteiger partial charge is 0.378 e. The van der Waals surface area contributed by atoms with Gasteiger partial charge in [-0.2, -0.15) is 5.10 Å². The maximum Gasteiger partial charge on any atom is 0.267 e. The van der Waals surface area contributed by atoms with Crippen molar-refractivity contribution in [2.75, 3.05) is 43.2 Å². The van der Waals surface area contributed by atoms with Crippen LogP contribution in [0, 0.1) is 0 Å². The van der Waals surface area contributed by atoms with Crippen LogP contribution in [-0.2, 0) is 16.1 Å². The van der Waals surface area contributed by atoms with Crippen molar-refractivity contribution in [3.8, 4) is 11.3 Å². The van der Waals surface area contributed by atoms with Crippen molar-refractivity contribution in [2.45, 2.75) is 6.54 Å². The van der Waals surface area contributed by atoms with E-state index in [1.54, 1.807) is 29.2 Å². The minimum atomic E-state index is -0.614. The van der Waals surface area contributed by atoms with Crippen molar-refractivity contribution in [1.29, 1.82) is 0 Å². The van der Waals surface area contributed by atoms with Crippen molar-refractivity contribution in [3.05, 3.63) is 65.4 Å². The molecule has 1 amide bonds. The number of thiophene rings is 1. The Balaban J connectivity index is 1.32. The van der Waals surface area contributed by atoms with Gasteiger partial charge in [-0.15, -0.1) is 11.3 Å². The summed E-state index contributed by atoms with van der Waals surface area (Å²) < 4.78 is 6.75. The molecule has 1 aliphatic heterocycles. The molecule has 5 heterocycles. The van der Waals surface area contributed by atoms with E-state index in [-0.39, 0.29) is 0 Å². The summed E-state index contributed by atoms with van der Waals surface area (Å²) >= 11 is 1.73. The quantitative estimate of drug-likeness (QED) is 0.160. The molecule has 3 N–H and O–H groups in total. The van der Waals surface area contributed by atoms with E-state index in [1.165, 1.54) is 12.2 Å². The Labute approximate surface area is 227 Å². The zero-order chi connectivity index (χ0) is 26.8. The molecule has 0 bridgehead atoms. The van der Waals surface area contributed by atoms with E-state index in [2.05, 4.69) is 43.3 Å². The predicted octanol–water partition coefficient (Wildman–Crippen LogP) is 3.62. The number of hydrogen-bond donors (Lipinski definition) is 3. The van der Waals surface area contributed by atoms with Gasteiger partial charge in [0.1, 0.15) is 5.82 Å². The topological polar surface area (TPSA) is 132 Å². The molecule has 1 aromatic carbocycles. The first-order chi connectivity index (χ1) is 19.1. The second-order valence-corrected chi connectivity index (χ2v) is 10.3. The molecular formula is C27H26N8O3S. The second-order valence-electron chi connectivity index (χ2n) is 9.18. The smallest absolute Gasteiger partial charge is 0.267 e. The van der Waals surface area contributed by atoms with Gasteiger partial charge in [-0.05, 0) is 29.7 Å². The molecule has 1 saturated heterocycles. The average molecular weight is 543 g/mol. The third kappa shape index (κ3) is 5.17. The van der Waals surface area contributed by atoms with Crippen LogP contribution in [-0.4, -0.2) is 69.6 Å². The fraction of sp³-hybridized carbons (Fsp3) is 0.222.